The van der Waals surface area contributed by atoms with Crippen molar-refractivity contribution in [3.8, 4) is 5.75 Å². The van der Waals surface area contributed by atoms with E-state index in [2.05, 4.69) is 26.2 Å². The number of ether oxygens (including phenoxy) is 1. The number of pyridine rings is 1. The van der Waals surface area contributed by atoms with Crippen molar-refractivity contribution >= 4 is 50.7 Å². The summed E-state index contributed by atoms with van der Waals surface area (Å²) in [4.78, 5) is 16.0. The van der Waals surface area contributed by atoms with Gasteiger partial charge in [-0.1, -0.05) is 23.2 Å². The summed E-state index contributed by atoms with van der Waals surface area (Å²) in [6.07, 6.45) is 0. The number of amides is 1. The van der Waals surface area contributed by atoms with Crippen LogP contribution in [0.4, 0.5) is 5.69 Å². The maximum absolute atomic E-state index is 12.1. The maximum Gasteiger partial charge on any atom is 0.275 e. The van der Waals surface area contributed by atoms with Gasteiger partial charge in [-0.3, -0.25) is 4.79 Å². The van der Waals surface area contributed by atoms with E-state index in [-0.39, 0.29) is 15.9 Å². The number of carbonyl (C=O) groups excluding carboxylic acids is 1. The zero-order chi connectivity index (χ0) is 14.7. The number of hydrogen-bond acceptors (Lipinski definition) is 3. The highest BCUT2D eigenvalue weighted by atomic mass is 79.9. The van der Waals surface area contributed by atoms with Crippen LogP contribution >= 0.6 is 39.1 Å². The van der Waals surface area contributed by atoms with E-state index >= 15 is 0 Å². The first kappa shape index (κ1) is 15.1. The summed E-state index contributed by atoms with van der Waals surface area (Å²) < 4.78 is 5.94. The molecule has 0 saturated carbocycles. The molecule has 7 heteroatoms. The Morgan fingerprint density at radius 1 is 1.30 bits per heavy atom. The second-order valence-corrected chi connectivity index (χ2v) is 5.42. The molecular formula is C13H9BrCl2N2O2. The molecule has 1 N–H and O–H groups in total. The molecule has 0 aliphatic heterocycles. The van der Waals surface area contributed by atoms with E-state index in [0.29, 0.717) is 11.4 Å². The molecule has 2 aromatic rings. The summed E-state index contributed by atoms with van der Waals surface area (Å²) in [6, 6.07) is 8.21. The first-order valence-electron chi connectivity index (χ1n) is 5.48. The zero-order valence-corrected chi connectivity index (χ0v) is 13.4. The van der Waals surface area contributed by atoms with Gasteiger partial charge in [-0.15, -0.1) is 0 Å². The van der Waals surface area contributed by atoms with E-state index in [1.54, 1.807) is 25.3 Å². The molecule has 0 aliphatic rings. The summed E-state index contributed by atoms with van der Waals surface area (Å²) >= 11 is 15.0. The number of rotatable bonds is 3. The predicted molar refractivity (Wildman–Crippen MR) is 82.9 cm³/mol. The molecule has 20 heavy (non-hydrogen) atoms. The van der Waals surface area contributed by atoms with Crippen molar-refractivity contribution in [2.75, 3.05) is 12.4 Å². The van der Waals surface area contributed by atoms with Gasteiger partial charge >= 0.3 is 0 Å². The van der Waals surface area contributed by atoms with Gasteiger partial charge in [-0.05, 0) is 40.2 Å². The molecule has 1 amide bonds. The van der Waals surface area contributed by atoms with Gasteiger partial charge in [0.15, 0.2) is 0 Å². The Morgan fingerprint density at radius 2 is 2.05 bits per heavy atom. The van der Waals surface area contributed by atoms with Gasteiger partial charge in [0.25, 0.3) is 5.91 Å². The fourth-order valence-electron chi connectivity index (χ4n) is 1.51. The number of benzene rings is 1. The number of nitrogens with one attached hydrogen (secondary N) is 1. The third-order valence-corrected chi connectivity index (χ3v) is 3.61. The zero-order valence-electron chi connectivity index (χ0n) is 10.3. The standard InChI is InChI=1S/C13H9BrCl2N2O2/c1-20-10-6-7(2-3-8(10)14)17-13(19)12-9(15)4-5-11(16)18-12/h2-6H,1H3,(H,17,19). The molecule has 1 heterocycles. The average molecular weight is 376 g/mol. The second kappa shape index (κ2) is 6.43. The number of hydrogen-bond donors (Lipinski definition) is 1. The normalized spacial score (nSPS) is 10.2. The molecule has 0 fully saturated rings. The van der Waals surface area contributed by atoms with Gasteiger partial charge in [0.2, 0.25) is 0 Å². The van der Waals surface area contributed by atoms with Gasteiger partial charge in [-0.25, -0.2) is 4.98 Å². The Hall–Kier alpha value is -1.30. The average Bonchev–Trinajstić information content (AvgIpc) is 2.43. The maximum atomic E-state index is 12.1. The van der Waals surface area contributed by atoms with Crippen LogP contribution in [0.3, 0.4) is 0 Å². The Labute approximate surface area is 134 Å². The summed E-state index contributed by atoms with van der Waals surface area (Å²) in [5, 5.41) is 3.12. The quantitative estimate of drug-likeness (QED) is 0.808. The third kappa shape index (κ3) is 3.42. The highest BCUT2D eigenvalue weighted by Gasteiger charge is 2.14. The van der Waals surface area contributed by atoms with Crippen molar-refractivity contribution in [3.63, 3.8) is 0 Å². The second-order valence-electron chi connectivity index (χ2n) is 3.77. The van der Waals surface area contributed by atoms with Gasteiger partial charge in [0, 0.05) is 11.8 Å². The molecule has 0 atom stereocenters. The number of aromatic nitrogens is 1. The van der Waals surface area contributed by atoms with Crippen molar-refractivity contribution < 1.29 is 9.53 Å². The van der Waals surface area contributed by atoms with Gasteiger partial charge in [0.1, 0.15) is 16.6 Å². The Bertz CT molecular complexity index is 665. The molecule has 1 aromatic carbocycles. The van der Waals surface area contributed by atoms with Crippen LogP contribution < -0.4 is 10.1 Å². The van der Waals surface area contributed by atoms with Gasteiger partial charge in [-0.2, -0.15) is 0 Å². The van der Waals surface area contributed by atoms with E-state index in [1.807, 2.05) is 0 Å². The molecule has 0 unspecified atom stereocenters. The van der Waals surface area contributed by atoms with E-state index in [9.17, 15) is 4.79 Å². The van der Waals surface area contributed by atoms with Crippen LogP contribution in [-0.2, 0) is 0 Å². The molecule has 4 nitrogen and oxygen atoms in total. The minimum Gasteiger partial charge on any atom is -0.495 e. The number of nitrogens with zero attached hydrogens (tertiary/aromatic N) is 1. The first-order valence-corrected chi connectivity index (χ1v) is 7.03. The monoisotopic (exact) mass is 374 g/mol. The smallest absolute Gasteiger partial charge is 0.275 e. The highest BCUT2D eigenvalue weighted by molar-refractivity contribution is 9.10. The van der Waals surface area contributed by atoms with E-state index < -0.39 is 5.91 Å². The SMILES string of the molecule is COc1cc(NC(=O)c2nc(Cl)ccc2Cl)ccc1Br. The van der Waals surface area contributed by atoms with Gasteiger partial charge < -0.3 is 10.1 Å². The summed E-state index contributed by atoms with van der Waals surface area (Å²) in [5.74, 6) is 0.162. The van der Waals surface area contributed by atoms with Crippen LogP contribution in [0.5, 0.6) is 5.75 Å². The van der Waals surface area contributed by atoms with Crippen LogP contribution in [0.2, 0.25) is 10.2 Å². The first-order chi connectivity index (χ1) is 9.51. The Kier molecular flexibility index (Phi) is 4.86. The molecule has 104 valence electrons. The minimum absolute atomic E-state index is 0.0704. The van der Waals surface area contributed by atoms with Crippen LogP contribution in [0, 0.1) is 0 Å². The van der Waals surface area contributed by atoms with Crippen molar-refractivity contribution in [3.05, 3.63) is 50.7 Å². The topological polar surface area (TPSA) is 51.2 Å². The predicted octanol–water partition coefficient (Wildman–Crippen LogP) is 4.41. The highest BCUT2D eigenvalue weighted by Crippen LogP contribution is 2.28. The molecule has 0 radical (unpaired) electrons. The number of carbonyl (C=O) groups is 1. The van der Waals surface area contributed by atoms with E-state index in [1.165, 1.54) is 12.1 Å². The lowest BCUT2D eigenvalue weighted by molar-refractivity contribution is 0.102. The molecule has 0 saturated heterocycles. The number of methoxy groups -OCH3 is 1. The number of halogens is 3. The molecule has 0 bridgehead atoms. The summed E-state index contributed by atoms with van der Waals surface area (Å²) in [5.41, 5.74) is 0.633. The molecular weight excluding hydrogens is 367 g/mol. The lowest BCUT2D eigenvalue weighted by Gasteiger charge is -2.09. The van der Waals surface area contributed by atoms with Gasteiger partial charge in [0.05, 0.1) is 16.6 Å². The number of anilines is 1. The van der Waals surface area contributed by atoms with Crippen LogP contribution in [0.25, 0.3) is 0 Å². The molecule has 2 rings (SSSR count). The largest absolute Gasteiger partial charge is 0.495 e. The van der Waals surface area contributed by atoms with Crippen LogP contribution in [0.15, 0.2) is 34.8 Å². The Morgan fingerprint density at radius 3 is 2.75 bits per heavy atom. The van der Waals surface area contributed by atoms with Crippen molar-refractivity contribution in [1.29, 1.82) is 0 Å². The lowest BCUT2D eigenvalue weighted by atomic mass is 10.2. The Balaban J connectivity index is 2.25. The summed E-state index contributed by atoms with van der Waals surface area (Å²) in [6.45, 7) is 0. The van der Waals surface area contributed by atoms with E-state index in [0.717, 1.165) is 4.47 Å². The lowest BCUT2D eigenvalue weighted by Crippen LogP contribution is -2.14. The molecule has 0 aliphatic carbocycles. The fraction of sp³-hybridized carbons (Fsp3) is 0.0769. The fourth-order valence-corrected chi connectivity index (χ4v) is 2.25. The van der Waals surface area contributed by atoms with Crippen molar-refractivity contribution in [2.24, 2.45) is 0 Å². The third-order valence-electron chi connectivity index (χ3n) is 2.44. The molecule has 0 spiro atoms. The minimum atomic E-state index is -0.443. The van der Waals surface area contributed by atoms with E-state index in [4.69, 9.17) is 27.9 Å². The summed E-state index contributed by atoms with van der Waals surface area (Å²) in [7, 11) is 1.54. The van der Waals surface area contributed by atoms with Crippen LogP contribution in [0.1, 0.15) is 10.5 Å². The van der Waals surface area contributed by atoms with Crippen LogP contribution in [-0.4, -0.2) is 18.0 Å². The van der Waals surface area contributed by atoms with Crippen molar-refractivity contribution in [2.45, 2.75) is 0 Å². The van der Waals surface area contributed by atoms with Crippen molar-refractivity contribution in [1.82, 2.24) is 4.98 Å². The molecule has 1 aromatic heterocycles.